The molecule has 2 rings (SSSR count). The maximum absolute atomic E-state index is 12.2. The molecular weight excluding hydrogens is 366 g/mol. The Bertz CT molecular complexity index is 631. The number of rotatable bonds is 9. The lowest BCUT2D eigenvalue weighted by molar-refractivity contribution is 0.0953. The largest absolute Gasteiger partial charge is 0.377 e. The van der Waals surface area contributed by atoms with Gasteiger partial charge < -0.3 is 15.8 Å². The van der Waals surface area contributed by atoms with Crippen LogP contribution in [-0.4, -0.2) is 46.7 Å². The molecule has 1 unspecified atom stereocenters. The van der Waals surface area contributed by atoms with Crippen molar-refractivity contribution in [3.63, 3.8) is 0 Å². The molecule has 0 spiro atoms. The number of hydrogen-bond donors (Lipinski definition) is 3. The Labute approximate surface area is 155 Å². The van der Waals surface area contributed by atoms with Crippen LogP contribution in [0, 0.1) is 0 Å². The first-order valence-corrected chi connectivity index (χ1v) is 9.71. The van der Waals surface area contributed by atoms with E-state index in [1.807, 2.05) is 0 Å². The van der Waals surface area contributed by atoms with E-state index in [9.17, 15) is 13.2 Å². The first-order chi connectivity index (χ1) is 11.5. The second kappa shape index (κ2) is 10.7. The van der Waals surface area contributed by atoms with Gasteiger partial charge in [-0.1, -0.05) is 0 Å². The number of amides is 1. The second-order valence-corrected chi connectivity index (χ2v) is 7.53. The molecule has 0 saturated carbocycles. The van der Waals surface area contributed by atoms with Crippen molar-refractivity contribution in [2.45, 2.75) is 36.7 Å². The molecule has 7 nitrogen and oxygen atoms in total. The van der Waals surface area contributed by atoms with Gasteiger partial charge in [-0.3, -0.25) is 4.79 Å². The number of halogens is 1. The number of carbonyl (C=O) groups is 1. The maximum atomic E-state index is 12.2. The Hall–Kier alpha value is -1.19. The number of unbranched alkanes of at least 4 members (excludes halogenated alkanes) is 1. The van der Waals surface area contributed by atoms with Gasteiger partial charge in [-0.2, -0.15) is 0 Å². The van der Waals surface area contributed by atoms with Crippen LogP contribution in [0.5, 0.6) is 0 Å². The summed E-state index contributed by atoms with van der Waals surface area (Å²) in [5.41, 5.74) is 5.83. The quantitative estimate of drug-likeness (QED) is 0.544. The van der Waals surface area contributed by atoms with E-state index in [-0.39, 0.29) is 35.9 Å². The van der Waals surface area contributed by atoms with Gasteiger partial charge in [-0.05, 0) is 56.5 Å². The Morgan fingerprint density at radius 3 is 2.56 bits per heavy atom. The third-order valence-corrected chi connectivity index (χ3v) is 5.31. The Kier molecular flexibility index (Phi) is 9.37. The average Bonchev–Trinajstić information content (AvgIpc) is 3.10. The van der Waals surface area contributed by atoms with Crippen molar-refractivity contribution in [1.29, 1.82) is 0 Å². The zero-order chi connectivity index (χ0) is 17.4. The summed E-state index contributed by atoms with van der Waals surface area (Å²) in [6.07, 6.45) is 3.45. The van der Waals surface area contributed by atoms with Gasteiger partial charge in [0.05, 0.1) is 11.0 Å². The number of sulfonamides is 1. The molecule has 0 radical (unpaired) electrons. The molecule has 1 aromatic carbocycles. The summed E-state index contributed by atoms with van der Waals surface area (Å²) in [5.74, 6) is -0.219. The molecule has 9 heteroatoms. The van der Waals surface area contributed by atoms with E-state index in [0.717, 1.165) is 25.7 Å². The van der Waals surface area contributed by atoms with Gasteiger partial charge in [0.2, 0.25) is 10.0 Å². The van der Waals surface area contributed by atoms with E-state index < -0.39 is 10.0 Å². The zero-order valence-electron chi connectivity index (χ0n) is 14.1. The van der Waals surface area contributed by atoms with Crippen LogP contribution < -0.4 is 15.8 Å². The number of benzene rings is 1. The van der Waals surface area contributed by atoms with Crippen LogP contribution in [-0.2, 0) is 14.8 Å². The highest BCUT2D eigenvalue weighted by Gasteiger charge is 2.20. The molecule has 0 aromatic heterocycles. The van der Waals surface area contributed by atoms with Crippen molar-refractivity contribution in [2.75, 3.05) is 26.2 Å². The van der Waals surface area contributed by atoms with E-state index in [1.54, 1.807) is 0 Å². The standard InChI is InChI=1S/C16H25N3O4S.ClH/c17-9-1-2-10-18-16(20)13-5-7-15(8-6-13)24(21,22)19-12-14-4-3-11-23-14;/h5-8,14,19H,1-4,9-12,17H2,(H,18,20);1H. The summed E-state index contributed by atoms with van der Waals surface area (Å²) < 4.78 is 32.4. The first-order valence-electron chi connectivity index (χ1n) is 8.22. The van der Waals surface area contributed by atoms with Gasteiger partial charge >= 0.3 is 0 Å². The molecule has 1 atom stereocenters. The van der Waals surface area contributed by atoms with E-state index in [0.29, 0.717) is 25.3 Å². The molecule has 1 aliphatic heterocycles. The van der Waals surface area contributed by atoms with Gasteiger partial charge in [-0.15, -0.1) is 12.4 Å². The molecule has 1 heterocycles. The lowest BCUT2D eigenvalue weighted by Gasteiger charge is -2.11. The molecule has 1 amide bonds. The minimum atomic E-state index is -3.59. The average molecular weight is 392 g/mol. The van der Waals surface area contributed by atoms with Crippen LogP contribution in [0.25, 0.3) is 0 Å². The molecule has 1 aliphatic rings. The number of ether oxygens (including phenoxy) is 1. The Balaban J connectivity index is 0.00000312. The van der Waals surface area contributed by atoms with Crippen molar-refractivity contribution in [3.05, 3.63) is 29.8 Å². The van der Waals surface area contributed by atoms with E-state index in [4.69, 9.17) is 10.5 Å². The lowest BCUT2D eigenvalue weighted by Crippen LogP contribution is -2.32. The monoisotopic (exact) mass is 391 g/mol. The number of nitrogens with one attached hydrogen (secondary N) is 2. The second-order valence-electron chi connectivity index (χ2n) is 5.76. The predicted octanol–water partition coefficient (Wildman–Crippen LogP) is 1.03. The molecule has 1 fully saturated rings. The van der Waals surface area contributed by atoms with E-state index in [2.05, 4.69) is 10.0 Å². The zero-order valence-corrected chi connectivity index (χ0v) is 15.7. The van der Waals surface area contributed by atoms with Crippen molar-refractivity contribution in [3.8, 4) is 0 Å². The maximum Gasteiger partial charge on any atom is 0.251 e. The van der Waals surface area contributed by atoms with Crippen LogP contribution in [0.2, 0.25) is 0 Å². The normalized spacial score (nSPS) is 17.1. The molecule has 25 heavy (non-hydrogen) atoms. The predicted molar refractivity (Wildman–Crippen MR) is 98.5 cm³/mol. The van der Waals surface area contributed by atoms with Gasteiger partial charge in [0.25, 0.3) is 5.91 Å². The van der Waals surface area contributed by atoms with Crippen molar-refractivity contribution in [2.24, 2.45) is 5.73 Å². The van der Waals surface area contributed by atoms with Crippen molar-refractivity contribution < 1.29 is 17.9 Å². The van der Waals surface area contributed by atoms with E-state index >= 15 is 0 Å². The van der Waals surface area contributed by atoms with Crippen LogP contribution in [0.3, 0.4) is 0 Å². The number of hydrogen-bond acceptors (Lipinski definition) is 5. The van der Waals surface area contributed by atoms with Gasteiger partial charge in [0, 0.05) is 25.3 Å². The Morgan fingerprint density at radius 1 is 1.24 bits per heavy atom. The fourth-order valence-electron chi connectivity index (χ4n) is 2.45. The van der Waals surface area contributed by atoms with Crippen molar-refractivity contribution in [1.82, 2.24) is 10.0 Å². The topological polar surface area (TPSA) is 111 Å². The summed E-state index contributed by atoms with van der Waals surface area (Å²) in [4.78, 5) is 12.1. The highest BCUT2D eigenvalue weighted by atomic mass is 35.5. The smallest absolute Gasteiger partial charge is 0.251 e. The third kappa shape index (κ3) is 6.91. The summed E-state index contributed by atoms with van der Waals surface area (Å²) >= 11 is 0. The molecule has 142 valence electrons. The van der Waals surface area contributed by atoms with Gasteiger partial charge in [0.1, 0.15) is 0 Å². The SMILES string of the molecule is Cl.NCCCCNC(=O)c1ccc(S(=O)(=O)NCC2CCCO2)cc1. The highest BCUT2D eigenvalue weighted by molar-refractivity contribution is 7.89. The summed E-state index contributed by atoms with van der Waals surface area (Å²) in [6, 6.07) is 5.90. The summed E-state index contributed by atoms with van der Waals surface area (Å²) in [6.45, 7) is 2.10. The first kappa shape index (κ1) is 21.9. The molecule has 1 saturated heterocycles. The Morgan fingerprint density at radius 2 is 1.96 bits per heavy atom. The minimum Gasteiger partial charge on any atom is -0.377 e. The van der Waals surface area contributed by atoms with Gasteiger partial charge in [-0.25, -0.2) is 13.1 Å². The molecule has 4 N–H and O–H groups in total. The van der Waals surface area contributed by atoms with Crippen LogP contribution in [0.4, 0.5) is 0 Å². The van der Waals surface area contributed by atoms with E-state index in [1.165, 1.54) is 24.3 Å². The summed E-state index contributed by atoms with van der Waals surface area (Å²) in [5, 5.41) is 2.78. The number of nitrogens with two attached hydrogens (primary N) is 1. The van der Waals surface area contributed by atoms with Gasteiger partial charge in [0.15, 0.2) is 0 Å². The lowest BCUT2D eigenvalue weighted by atomic mass is 10.2. The highest BCUT2D eigenvalue weighted by Crippen LogP contribution is 2.14. The van der Waals surface area contributed by atoms with Crippen molar-refractivity contribution >= 4 is 28.3 Å². The third-order valence-electron chi connectivity index (χ3n) is 3.87. The fourth-order valence-corrected chi connectivity index (χ4v) is 3.52. The molecular formula is C16H26ClN3O4S. The van der Waals surface area contributed by atoms with Crippen LogP contribution in [0.1, 0.15) is 36.0 Å². The van der Waals surface area contributed by atoms with Crippen LogP contribution in [0.15, 0.2) is 29.2 Å². The molecule has 0 aliphatic carbocycles. The number of carbonyl (C=O) groups excluding carboxylic acids is 1. The van der Waals surface area contributed by atoms with Crippen LogP contribution >= 0.6 is 12.4 Å². The fraction of sp³-hybridized carbons (Fsp3) is 0.562. The molecule has 1 aromatic rings. The molecule has 0 bridgehead atoms. The summed E-state index contributed by atoms with van der Waals surface area (Å²) in [7, 11) is -3.59. The minimum absolute atomic E-state index is 0.